The Morgan fingerprint density at radius 1 is 1.29 bits per heavy atom. The molecule has 17 heavy (non-hydrogen) atoms. The Morgan fingerprint density at radius 2 is 2.00 bits per heavy atom. The molecule has 0 unspecified atom stereocenters. The minimum atomic E-state index is -0.842. The Morgan fingerprint density at radius 3 is 2.59 bits per heavy atom. The van der Waals surface area contributed by atoms with E-state index in [1.807, 2.05) is 24.3 Å². The fourth-order valence-electron chi connectivity index (χ4n) is 1.65. The van der Waals surface area contributed by atoms with Gasteiger partial charge in [0.2, 0.25) is 0 Å². The number of aryl methyl sites for hydroxylation is 1. The van der Waals surface area contributed by atoms with Crippen LogP contribution in [0.1, 0.15) is 18.1 Å². The van der Waals surface area contributed by atoms with Gasteiger partial charge in [-0.1, -0.05) is 19.1 Å². The second-order valence-electron chi connectivity index (χ2n) is 3.88. The second-order valence-corrected chi connectivity index (χ2v) is 3.88. The summed E-state index contributed by atoms with van der Waals surface area (Å²) in [6.45, 7) is 2.11. The summed E-state index contributed by atoms with van der Waals surface area (Å²) in [7, 11) is 0. The van der Waals surface area contributed by atoms with E-state index in [-0.39, 0.29) is 6.42 Å². The maximum absolute atomic E-state index is 10.6. The van der Waals surface area contributed by atoms with E-state index in [0.717, 1.165) is 12.1 Å². The topological polar surface area (TPSA) is 55.1 Å². The zero-order valence-electron chi connectivity index (χ0n) is 9.63. The highest BCUT2D eigenvalue weighted by Crippen LogP contribution is 2.10. The average molecular weight is 230 g/mol. The number of carboxylic acids is 1. The molecule has 2 aromatic rings. The Bertz CT molecular complexity index is 514. The lowest BCUT2D eigenvalue weighted by atomic mass is 10.1. The highest BCUT2D eigenvalue weighted by molar-refractivity contribution is 5.69. The minimum absolute atomic E-state index is 0.00699. The maximum atomic E-state index is 10.6. The SMILES string of the molecule is CCc1ccc(-n2cc(CC(=O)O)cn2)cc1. The monoisotopic (exact) mass is 230 g/mol. The molecule has 4 nitrogen and oxygen atoms in total. The zero-order chi connectivity index (χ0) is 12.3. The van der Waals surface area contributed by atoms with E-state index >= 15 is 0 Å². The van der Waals surface area contributed by atoms with Gasteiger partial charge in [0.25, 0.3) is 0 Å². The van der Waals surface area contributed by atoms with Crippen LogP contribution in [0.25, 0.3) is 5.69 Å². The van der Waals surface area contributed by atoms with Gasteiger partial charge in [-0.05, 0) is 24.1 Å². The molecule has 0 atom stereocenters. The molecule has 1 aromatic carbocycles. The highest BCUT2D eigenvalue weighted by Gasteiger charge is 2.04. The van der Waals surface area contributed by atoms with Crippen LogP contribution in [0, 0.1) is 0 Å². The number of carboxylic acid groups (broad SMARTS) is 1. The van der Waals surface area contributed by atoms with Gasteiger partial charge < -0.3 is 5.11 Å². The Kier molecular flexibility index (Phi) is 3.23. The molecule has 1 aromatic heterocycles. The quantitative estimate of drug-likeness (QED) is 0.874. The van der Waals surface area contributed by atoms with Crippen LogP contribution >= 0.6 is 0 Å². The molecular weight excluding hydrogens is 216 g/mol. The van der Waals surface area contributed by atoms with E-state index in [4.69, 9.17) is 5.11 Å². The first-order chi connectivity index (χ1) is 8.19. The molecule has 0 aliphatic rings. The number of nitrogens with zero attached hydrogens (tertiary/aromatic N) is 2. The summed E-state index contributed by atoms with van der Waals surface area (Å²) in [6, 6.07) is 8.06. The summed E-state index contributed by atoms with van der Waals surface area (Å²) in [5.41, 5.74) is 2.92. The molecule has 0 amide bonds. The van der Waals surface area contributed by atoms with E-state index in [9.17, 15) is 4.79 Å². The van der Waals surface area contributed by atoms with Crippen molar-refractivity contribution >= 4 is 5.97 Å². The zero-order valence-corrected chi connectivity index (χ0v) is 9.63. The van der Waals surface area contributed by atoms with E-state index in [1.54, 1.807) is 17.1 Å². The van der Waals surface area contributed by atoms with Crippen molar-refractivity contribution in [2.75, 3.05) is 0 Å². The summed E-state index contributed by atoms with van der Waals surface area (Å²) in [5, 5.41) is 12.8. The summed E-state index contributed by atoms with van der Waals surface area (Å²) >= 11 is 0. The van der Waals surface area contributed by atoms with E-state index in [0.29, 0.717) is 5.56 Å². The number of hydrogen-bond acceptors (Lipinski definition) is 2. The predicted octanol–water partition coefficient (Wildman–Crippen LogP) is 2.06. The van der Waals surface area contributed by atoms with E-state index in [1.165, 1.54) is 5.56 Å². The summed E-state index contributed by atoms with van der Waals surface area (Å²) in [4.78, 5) is 10.6. The smallest absolute Gasteiger partial charge is 0.307 e. The summed E-state index contributed by atoms with van der Waals surface area (Å²) in [5.74, 6) is -0.842. The van der Waals surface area contributed by atoms with Crippen LogP contribution in [-0.4, -0.2) is 20.9 Å². The third-order valence-electron chi connectivity index (χ3n) is 2.60. The fourth-order valence-corrected chi connectivity index (χ4v) is 1.65. The number of aliphatic carboxylic acids is 1. The van der Waals surface area contributed by atoms with Crippen LogP contribution in [0.4, 0.5) is 0 Å². The summed E-state index contributed by atoms with van der Waals surface area (Å²) < 4.78 is 1.69. The van der Waals surface area contributed by atoms with Gasteiger partial charge >= 0.3 is 5.97 Å². The van der Waals surface area contributed by atoms with Crippen LogP contribution < -0.4 is 0 Å². The standard InChI is InChI=1S/C13H14N2O2/c1-2-10-3-5-12(6-4-10)15-9-11(8-14-15)7-13(16)17/h3-6,8-9H,2,7H2,1H3,(H,16,17). The lowest BCUT2D eigenvalue weighted by molar-refractivity contribution is -0.136. The first-order valence-electron chi connectivity index (χ1n) is 5.53. The van der Waals surface area contributed by atoms with Gasteiger partial charge in [0.05, 0.1) is 18.3 Å². The molecule has 1 N–H and O–H groups in total. The second kappa shape index (κ2) is 4.82. The summed E-state index contributed by atoms with van der Waals surface area (Å²) in [6.07, 6.45) is 4.34. The van der Waals surface area contributed by atoms with Gasteiger partial charge in [0, 0.05) is 11.8 Å². The van der Waals surface area contributed by atoms with Crippen LogP contribution in [0.15, 0.2) is 36.7 Å². The number of aromatic nitrogens is 2. The van der Waals surface area contributed by atoms with Gasteiger partial charge in [0.15, 0.2) is 0 Å². The molecule has 0 bridgehead atoms. The molecule has 0 fully saturated rings. The molecule has 1 heterocycles. The third-order valence-corrected chi connectivity index (χ3v) is 2.60. The molecule has 0 aliphatic carbocycles. The van der Waals surface area contributed by atoms with Crippen molar-refractivity contribution in [2.24, 2.45) is 0 Å². The number of rotatable bonds is 4. The van der Waals surface area contributed by atoms with Gasteiger partial charge in [-0.25, -0.2) is 4.68 Å². The largest absolute Gasteiger partial charge is 0.481 e. The van der Waals surface area contributed by atoms with Crippen molar-refractivity contribution in [1.82, 2.24) is 9.78 Å². The first-order valence-corrected chi connectivity index (χ1v) is 5.53. The highest BCUT2D eigenvalue weighted by atomic mass is 16.4. The van der Waals surface area contributed by atoms with Crippen molar-refractivity contribution in [3.05, 3.63) is 47.8 Å². The van der Waals surface area contributed by atoms with Crippen LogP contribution in [0.3, 0.4) is 0 Å². The Labute approximate surface area is 99.5 Å². The van der Waals surface area contributed by atoms with Crippen molar-refractivity contribution in [3.8, 4) is 5.69 Å². The van der Waals surface area contributed by atoms with Crippen LogP contribution in [0.5, 0.6) is 0 Å². The van der Waals surface area contributed by atoms with Crippen molar-refractivity contribution in [1.29, 1.82) is 0 Å². The van der Waals surface area contributed by atoms with Gasteiger partial charge in [-0.2, -0.15) is 5.10 Å². The molecule has 0 spiro atoms. The molecule has 0 saturated carbocycles. The number of hydrogen-bond donors (Lipinski definition) is 1. The number of carbonyl (C=O) groups is 1. The first kappa shape index (κ1) is 11.4. The normalized spacial score (nSPS) is 10.4. The van der Waals surface area contributed by atoms with Crippen molar-refractivity contribution < 1.29 is 9.90 Å². The third kappa shape index (κ3) is 2.72. The Hall–Kier alpha value is -2.10. The van der Waals surface area contributed by atoms with Gasteiger partial charge in [-0.15, -0.1) is 0 Å². The van der Waals surface area contributed by atoms with E-state index in [2.05, 4.69) is 12.0 Å². The molecule has 0 saturated heterocycles. The molecule has 0 aliphatic heterocycles. The maximum Gasteiger partial charge on any atom is 0.307 e. The molecule has 2 rings (SSSR count). The fraction of sp³-hybridized carbons (Fsp3) is 0.231. The molecular formula is C13H14N2O2. The minimum Gasteiger partial charge on any atom is -0.481 e. The van der Waals surface area contributed by atoms with Crippen LogP contribution in [-0.2, 0) is 17.6 Å². The molecule has 4 heteroatoms. The van der Waals surface area contributed by atoms with Crippen LogP contribution in [0.2, 0.25) is 0 Å². The molecule has 0 radical (unpaired) electrons. The van der Waals surface area contributed by atoms with Crippen molar-refractivity contribution in [2.45, 2.75) is 19.8 Å². The van der Waals surface area contributed by atoms with Gasteiger partial charge in [0.1, 0.15) is 0 Å². The Balaban J connectivity index is 2.21. The predicted molar refractivity (Wildman–Crippen MR) is 64.3 cm³/mol. The number of benzene rings is 1. The van der Waals surface area contributed by atoms with Crippen molar-refractivity contribution in [3.63, 3.8) is 0 Å². The lowest BCUT2D eigenvalue weighted by Crippen LogP contribution is -1.98. The van der Waals surface area contributed by atoms with Gasteiger partial charge in [-0.3, -0.25) is 4.79 Å². The molecule has 88 valence electrons. The average Bonchev–Trinajstić information content (AvgIpc) is 2.77. The lowest BCUT2D eigenvalue weighted by Gasteiger charge is -2.02. The van der Waals surface area contributed by atoms with E-state index < -0.39 is 5.97 Å².